The molecule has 0 aliphatic heterocycles. The number of aromatic nitrogens is 2. The van der Waals surface area contributed by atoms with E-state index in [1.807, 2.05) is 6.92 Å². The smallest absolute Gasteiger partial charge is 0.223 e. The number of aliphatic hydroxyl groups is 1. The van der Waals surface area contributed by atoms with Gasteiger partial charge in [-0.05, 0) is 25.0 Å². The van der Waals surface area contributed by atoms with E-state index in [0.717, 1.165) is 17.5 Å². The summed E-state index contributed by atoms with van der Waals surface area (Å²) < 4.78 is 26.5. The fourth-order valence-corrected chi connectivity index (χ4v) is 2.26. The van der Waals surface area contributed by atoms with Crippen LogP contribution in [0.3, 0.4) is 0 Å². The highest BCUT2D eigenvalue weighted by molar-refractivity contribution is 5.76. The van der Waals surface area contributed by atoms with Crippen molar-refractivity contribution in [3.05, 3.63) is 53.1 Å². The van der Waals surface area contributed by atoms with Gasteiger partial charge in [0.1, 0.15) is 11.6 Å². The minimum absolute atomic E-state index is 0.0754. The second kappa shape index (κ2) is 7.82. The normalized spacial score (nSPS) is 10.8. The van der Waals surface area contributed by atoms with Gasteiger partial charge in [0, 0.05) is 24.7 Å². The van der Waals surface area contributed by atoms with Crippen molar-refractivity contribution in [3.63, 3.8) is 0 Å². The van der Waals surface area contributed by atoms with Gasteiger partial charge in [0.25, 0.3) is 0 Å². The lowest BCUT2D eigenvalue weighted by Gasteiger charge is -2.21. The van der Waals surface area contributed by atoms with Crippen LogP contribution >= 0.6 is 0 Å². The highest BCUT2D eigenvalue weighted by atomic mass is 19.1. The lowest BCUT2D eigenvalue weighted by molar-refractivity contribution is -0.132. The molecule has 7 heteroatoms. The number of aliphatic hydroxyl groups excluding tert-OH is 1. The SMILES string of the molecule is Cc1[nH]cnc1CN(CCO)C(=O)CCc1ccc(F)cc1F. The van der Waals surface area contributed by atoms with Crippen LogP contribution in [0.15, 0.2) is 24.5 Å². The third kappa shape index (κ3) is 4.59. The van der Waals surface area contributed by atoms with E-state index in [-0.39, 0.29) is 38.4 Å². The van der Waals surface area contributed by atoms with Gasteiger partial charge in [0.05, 0.1) is 25.2 Å². The van der Waals surface area contributed by atoms with E-state index in [1.165, 1.54) is 17.0 Å². The third-order valence-corrected chi connectivity index (χ3v) is 3.62. The topological polar surface area (TPSA) is 69.2 Å². The van der Waals surface area contributed by atoms with Crippen LogP contribution < -0.4 is 0 Å². The number of rotatable bonds is 7. The fraction of sp³-hybridized carbons (Fsp3) is 0.375. The average molecular weight is 323 g/mol. The molecule has 0 unspecified atom stereocenters. The van der Waals surface area contributed by atoms with Crippen LogP contribution in [0, 0.1) is 18.6 Å². The molecule has 23 heavy (non-hydrogen) atoms. The van der Waals surface area contributed by atoms with Crippen LogP contribution in [0.2, 0.25) is 0 Å². The summed E-state index contributed by atoms with van der Waals surface area (Å²) in [6.07, 6.45) is 1.79. The largest absolute Gasteiger partial charge is 0.395 e. The number of halogens is 2. The van der Waals surface area contributed by atoms with Gasteiger partial charge in [-0.25, -0.2) is 13.8 Å². The number of carbonyl (C=O) groups excluding carboxylic acids is 1. The lowest BCUT2D eigenvalue weighted by Crippen LogP contribution is -2.33. The maximum atomic E-state index is 13.6. The van der Waals surface area contributed by atoms with Crippen molar-refractivity contribution in [2.75, 3.05) is 13.2 Å². The van der Waals surface area contributed by atoms with Gasteiger partial charge in [-0.15, -0.1) is 0 Å². The number of amides is 1. The maximum absolute atomic E-state index is 13.6. The van der Waals surface area contributed by atoms with Gasteiger partial charge in [-0.3, -0.25) is 4.79 Å². The molecule has 5 nitrogen and oxygen atoms in total. The van der Waals surface area contributed by atoms with Gasteiger partial charge < -0.3 is 15.0 Å². The molecule has 0 saturated carbocycles. The summed E-state index contributed by atoms with van der Waals surface area (Å²) in [6, 6.07) is 3.31. The quantitative estimate of drug-likeness (QED) is 0.818. The zero-order chi connectivity index (χ0) is 16.8. The van der Waals surface area contributed by atoms with Crippen molar-refractivity contribution in [2.24, 2.45) is 0 Å². The molecule has 124 valence electrons. The van der Waals surface area contributed by atoms with Gasteiger partial charge in [0.15, 0.2) is 0 Å². The van der Waals surface area contributed by atoms with Crippen LogP contribution in [0.25, 0.3) is 0 Å². The first-order chi connectivity index (χ1) is 11.0. The number of aromatic amines is 1. The maximum Gasteiger partial charge on any atom is 0.223 e. The Morgan fingerprint density at radius 3 is 2.78 bits per heavy atom. The second-order valence-corrected chi connectivity index (χ2v) is 5.25. The van der Waals surface area contributed by atoms with Gasteiger partial charge in [-0.2, -0.15) is 0 Å². The van der Waals surface area contributed by atoms with Crippen molar-refractivity contribution in [3.8, 4) is 0 Å². The van der Waals surface area contributed by atoms with E-state index in [9.17, 15) is 13.6 Å². The van der Waals surface area contributed by atoms with Crippen LogP contribution in [0.4, 0.5) is 8.78 Å². The van der Waals surface area contributed by atoms with Crippen molar-refractivity contribution in [1.82, 2.24) is 14.9 Å². The molecule has 0 bridgehead atoms. The van der Waals surface area contributed by atoms with Crippen molar-refractivity contribution >= 4 is 5.91 Å². The molecule has 2 N–H and O–H groups in total. The number of nitrogens with one attached hydrogen (secondary N) is 1. The zero-order valence-corrected chi connectivity index (χ0v) is 12.9. The Hall–Kier alpha value is -2.28. The standard InChI is InChI=1S/C16H19F2N3O2/c1-11-15(20-10-19-11)9-21(6-7-22)16(23)5-3-12-2-4-13(17)8-14(12)18/h2,4,8,10,22H,3,5-7,9H2,1H3,(H,19,20). The Morgan fingerprint density at radius 2 is 2.17 bits per heavy atom. The summed E-state index contributed by atoms with van der Waals surface area (Å²) in [7, 11) is 0. The molecule has 0 saturated heterocycles. The Labute approximate surface area is 133 Å². The monoisotopic (exact) mass is 323 g/mol. The number of aryl methyl sites for hydroxylation is 2. The second-order valence-electron chi connectivity index (χ2n) is 5.25. The molecule has 1 aromatic heterocycles. The molecule has 2 rings (SSSR count). The first-order valence-corrected chi connectivity index (χ1v) is 7.32. The summed E-state index contributed by atoms with van der Waals surface area (Å²) in [5.41, 5.74) is 1.87. The number of hydrogen-bond acceptors (Lipinski definition) is 3. The van der Waals surface area contributed by atoms with E-state index in [0.29, 0.717) is 5.56 Å². The Kier molecular flexibility index (Phi) is 5.81. The van der Waals surface area contributed by atoms with Crippen molar-refractivity contribution in [1.29, 1.82) is 0 Å². The Morgan fingerprint density at radius 1 is 1.39 bits per heavy atom. The summed E-state index contributed by atoms with van der Waals surface area (Å²) in [5.74, 6) is -1.52. The Balaban J connectivity index is 1.99. The zero-order valence-electron chi connectivity index (χ0n) is 12.9. The summed E-state index contributed by atoms with van der Waals surface area (Å²) in [6.45, 7) is 2.13. The van der Waals surface area contributed by atoms with Crippen molar-refractivity contribution < 1.29 is 18.7 Å². The third-order valence-electron chi connectivity index (χ3n) is 3.62. The number of H-pyrrole nitrogens is 1. The molecule has 1 heterocycles. The molecule has 0 radical (unpaired) electrons. The van der Waals surface area contributed by atoms with E-state index in [4.69, 9.17) is 5.11 Å². The number of nitrogens with zero attached hydrogens (tertiary/aromatic N) is 2. The van der Waals surface area contributed by atoms with Gasteiger partial charge in [-0.1, -0.05) is 6.07 Å². The van der Waals surface area contributed by atoms with E-state index in [1.54, 1.807) is 6.33 Å². The number of benzene rings is 1. The molecule has 0 aliphatic rings. The molecule has 1 aromatic carbocycles. The summed E-state index contributed by atoms with van der Waals surface area (Å²) in [5, 5.41) is 9.12. The molecule has 0 fully saturated rings. The van der Waals surface area contributed by atoms with Crippen LogP contribution in [0.5, 0.6) is 0 Å². The van der Waals surface area contributed by atoms with E-state index in [2.05, 4.69) is 9.97 Å². The fourth-order valence-electron chi connectivity index (χ4n) is 2.26. The highest BCUT2D eigenvalue weighted by Crippen LogP contribution is 2.13. The predicted octanol–water partition coefficient (Wildman–Crippen LogP) is 1.95. The van der Waals surface area contributed by atoms with Crippen molar-refractivity contribution in [2.45, 2.75) is 26.3 Å². The van der Waals surface area contributed by atoms with Gasteiger partial charge in [0.2, 0.25) is 5.91 Å². The van der Waals surface area contributed by atoms with Gasteiger partial charge >= 0.3 is 0 Å². The lowest BCUT2D eigenvalue weighted by atomic mass is 10.1. The molecular weight excluding hydrogens is 304 g/mol. The first kappa shape index (κ1) is 17.1. The molecule has 1 amide bonds. The molecule has 0 spiro atoms. The van der Waals surface area contributed by atoms with E-state index >= 15 is 0 Å². The minimum atomic E-state index is -0.658. The Bertz CT molecular complexity index is 673. The molecule has 0 atom stereocenters. The molecule has 0 aliphatic carbocycles. The average Bonchev–Trinajstić information content (AvgIpc) is 2.91. The van der Waals surface area contributed by atoms with E-state index < -0.39 is 11.6 Å². The summed E-state index contributed by atoms with van der Waals surface area (Å²) in [4.78, 5) is 20.8. The molecule has 2 aromatic rings. The van der Waals surface area contributed by atoms with Crippen LogP contribution in [0.1, 0.15) is 23.4 Å². The van der Waals surface area contributed by atoms with Crippen LogP contribution in [-0.4, -0.2) is 39.0 Å². The minimum Gasteiger partial charge on any atom is -0.395 e. The van der Waals surface area contributed by atoms with Crippen LogP contribution in [-0.2, 0) is 17.8 Å². The predicted molar refractivity (Wildman–Crippen MR) is 80.5 cm³/mol. The highest BCUT2D eigenvalue weighted by Gasteiger charge is 2.16. The molecular formula is C16H19F2N3O2. The number of hydrogen-bond donors (Lipinski definition) is 2. The summed E-state index contributed by atoms with van der Waals surface area (Å²) >= 11 is 0. The number of imidazole rings is 1. The number of carbonyl (C=O) groups is 1. The first-order valence-electron chi connectivity index (χ1n) is 7.32.